The van der Waals surface area contributed by atoms with Crippen molar-refractivity contribution in [1.29, 1.82) is 0 Å². The molecule has 2 N–H and O–H groups in total. The zero-order valence-electron chi connectivity index (χ0n) is 8.93. The Kier molecular flexibility index (Phi) is 2.25. The quantitative estimate of drug-likeness (QED) is 0.706. The van der Waals surface area contributed by atoms with Crippen LogP contribution in [0.25, 0.3) is 11.0 Å². The van der Waals surface area contributed by atoms with Crippen molar-refractivity contribution in [3.63, 3.8) is 0 Å². The summed E-state index contributed by atoms with van der Waals surface area (Å²) in [5.74, 6) is -0.350. The summed E-state index contributed by atoms with van der Waals surface area (Å²) in [5, 5.41) is 2.86. The van der Waals surface area contributed by atoms with E-state index in [0.717, 1.165) is 11.0 Å². The van der Waals surface area contributed by atoms with Crippen LogP contribution in [0.1, 0.15) is 10.6 Å². The summed E-state index contributed by atoms with van der Waals surface area (Å²) in [5.41, 5.74) is 1.54. The molecule has 0 aliphatic carbocycles. The summed E-state index contributed by atoms with van der Waals surface area (Å²) in [6, 6.07) is 7.67. The van der Waals surface area contributed by atoms with E-state index in [4.69, 9.17) is 4.74 Å². The molecule has 1 aliphatic rings. The third-order valence-electron chi connectivity index (χ3n) is 2.42. The molecule has 0 atom stereocenters. The Balaban J connectivity index is 1.85. The zero-order chi connectivity index (χ0) is 11.7. The van der Waals surface area contributed by atoms with Crippen LogP contribution in [0.4, 0.5) is 0 Å². The van der Waals surface area contributed by atoms with Crippen LogP contribution in [-0.2, 0) is 4.74 Å². The molecular formula is C11H10N4O2. The van der Waals surface area contributed by atoms with Crippen LogP contribution in [0.15, 0.2) is 29.3 Å². The summed E-state index contributed by atoms with van der Waals surface area (Å²) >= 11 is 0. The van der Waals surface area contributed by atoms with Gasteiger partial charge in [0.1, 0.15) is 0 Å². The predicted molar refractivity (Wildman–Crippen MR) is 61.8 cm³/mol. The van der Waals surface area contributed by atoms with Gasteiger partial charge in [0.05, 0.1) is 17.6 Å². The van der Waals surface area contributed by atoms with Gasteiger partial charge >= 0.3 is 5.97 Å². The average Bonchev–Trinajstić information content (AvgIpc) is 2.96. The first kappa shape index (κ1) is 9.83. The number of rotatable bonds is 1. The summed E-state index contributed by atoms with van der Waals surface area (Å²) in [4.78, 5) is 22.8. The minimum atomic E-state index is -0.533. The first-order chi connectivity index (χ1) is 8.33. The molecule has 0 unspecified atom stereocenters. The van der Waals surface area contributed by atoms with Gasteiger partial charge < -0.3 is 15.0 Å². The van der Waals surface area contributed by atoms with Gasteiger partial charge in [0.25, 0.3) is 6.02 Å². The molecule has 6 heteroatoms. The number of hydrogen-bond donors (Lipinski definition) is 2. The van der Waals surface area contributed by atoms with Crippen molar-refractivity contribution in [1.82, 2.24) is 15.3 Å². The lowest BCUT2D eigenvalue weighted by molar-refractivity contribution is 0.0699. The number of esters is 1. The molecule has 3 rings (SSSR count). The number of nitrogens with zero attached hydrogens (tertiary/aromatic N) is 2. The van der Waals surface area contributed by atoms with E-state index in [-0.39, 0.29) is 11.8 Å². The molecule has 0 amide bonds. The minimum absolute atomic E-state index is 0.183. The number of carbonyl (C=O) groups is 1. The van der Waals surface area contributed by atoms with E-state index in [9.17, 15) is 4.79 Å². The van der Waals surface area contributed by atoms with Crippen LogP contribution < -0.4 is 5.32 Å². The number of aliphatic imine (C=N–C) groups is 1. The SMILES string of the molecule is O=C(OC1=NCCN1)c1nc2ccccc2[nH]1. The van der Waals surface area contributed by atoms with Crippen molar-refractivity contribution in [3.8, 4) is 0 Å². The number of aromatic nitrogens is 2. The second-order valence-corrected chi connectivity index (χ2v) is 3.61. The number of H-pyrrole nitrogens is 1. The maximum Gasteiger partial charge on any atom is 0.382 e. The number of nitrogens with one attached hydrogen (secondary N) is 2. The summed E-state index contributed by atoms with van der Waals surface area (Å²) in [7, 11) is 0. The number of imidazole rings is 1. The van der Waals surface area contributed by atoms with Gasteiger partial charge in [-0.15, -0.1) is 0 Å². The molecule has 6 nitrogen and oxygen atoms in total. The predicted octanol–water partition coefficient (Wildman–Crippen LogP) is 0.679. The number of aromatic amines is 1. The molecule has 0 fully saturated rings. The first-order valence-electron chi connectivity index (χ1n) is 5.28. The van der Waals surface area contributed by atoms with E-state index >= 15 is 0 Å². The summed E-state index contributed by atoms with van der Waals surface area (Å²) in [6.45, 7) is 1.32. The second-order valence-electron chi connectivity index (χ2n) is 3.61. The molecule has 86 valence electrons. The molecule has 1 aromatic carbocycles. The third kappa shape index (κ3) is 1.84. The van der Waals surface area contributed by atoms with Gasteiger partial charge in [-0.2, -0.15) is 0 Å². The number of amidine groups is 1. The Bertz CT molecular complexity index is 569. The zero-order valence-corrected chi connectivity index (χ0v) is 8.93. The average molecular weight is 230 g/mol. The van der Waals surface area contributed by atoms with Gasteiger partial charge in [0.15, 0.2) is 0 Å². The van der Waals surface area contributed by atoms with Gasteiger partial charge in [-0.3, -0.25) is 0 Å². The number of carbonyl (C=O) groups excluding carboxylic acids is 1. The molecule has 0 bridgehead atoms. The molecule has 17 heavy (non-hydrogen) atoms. The molecule has 0 radical (unpaired) electrons. The number of para-hydroxylation sites is 2. The van der Waals surface area contributed by atoms with E-state index in [1.807, 2.05) is 24.3 Å². The van der Waals surface area contributed by atoms with Gasteiger partial charge in [-0.05, 0) is 12.1 Å². The van der Waals surface area contributed by atoms with Crippen molar-refractivity contribution >= 4 is 23.0 Å². The van der Waals surface area contributed by atoms with E-state index < -0.39 is 5.97 Å². The van der Waals surface area contributed by atoms with E-state index in [1.165, 1.54) is 0 Å². The van der Waals surface area contributed by atoms with Crippen LogP contribution in [0.2, 0.25) is 0 Å². The topological polar surface area (TPSA) is 79.4 Å². The minimum Gasteiger partial charge on any atom is -0.387 e. The lowest BCUT2D eigenvalue weighted by atomic mass is 10.3. The molecule has 0 saturated heterocycles. The first-order valence-corrected chi connectivity index (χ1v) is 5.28. The van der Waals surface area contributed by atoms with Crippen molar-refractivity contribution in [2.75, 3.05) is 13.1 Å². The highest BCUT2D eigenvalue weighted by atomic mass is 16.6. The Morgan fingerprint density at radius 2 is 2.24 bits per heavy atom. The smallest absolute Gasteiger partial charge is 0.382 e. The van der Waals surface area contributed by atoms with Gasteiger partial charge in [-0.25, -0.2) is 14.8 Å². The molecule has 1 aromatic heterocycles. The van der Waals surface area contributed by atoms with Gasteiger partial charge in [0.2, 0.25) is 5.82 Å². The van der Waals surface area contributed by atoms with Crippen molar-refractivity contribution in [3.05, 3.63) is 30.1 Å². The van der Waals surface area contributed by atoms with Crippen LogP contribution >= 0.6 is 0 Å². The molecule has 0 saturated carbocycles. The van der Waals surface area contributed by atoms with Crippen LogP contribution in [0.3, 0.4) is 0 Å². The molecule has 2 aromatic rings. The Hall–Kier alpha value is -2.37. The number of fused-ring (bicyclic) bond motifs is 1. The standard InChI is InChI=1S/C11H10N4O2/c16-10(17-11-12-5-6-13-11)9-14-7-3-1-2-4-8(7)15-9/h1-4H,5-6H2,(H,12,13)(H,14,15). The highest BCUT2D eigenvalue weighted by Gasteiger charge is 2.17. The van der Waals surface area contributed by atoms with Crippen molar-refractivity contribution in [2.24, 2.45) is 4.99 Å². The number of hydrogen-bond acceptors (Lipinski definition) is 5. The van der Waals surface area contributed by atoms with E-state index in [1.54, 1.807) is 0 Å². The van der Waals surface area contributed by atoms with Crippen LogP contribution in [0, 0.1) is 0 Å². The fraction of sp³-hybridized carbons (Fsp3) is 0.182. The third-order valence-corrected chi connectivity index (χ3v) is 2.42. The largest absolute Gasteiger partial charge is 0.387 e. The highest BCUT2D eigenvalue weighted by molar-refractivity contribution is 5.97. The Morgan fingerprint density at radius 1 is 1.35 bits per heavy atom. The lowest BCUT2D eigenvalue weighted by Gasteiger charge is -2.00. The van der Waals surface area contributed by atoms with Crippen molar-refractivity contribution in [2.45, 2.75) is 0 Å². The number of ether oxygens (including phenoxy) is 1. The Morgan fingerprint density at radius 3 is 3.00 bits per heavy atom. The number of benzene rings is 1. The molecule has 2 heterocycles. The van der Waals surface area contributed by atoms with Gasteiger partial charge in [0, 0.05) is 6.54 Å². The fourth-order valence-electron chi connectivity index (χ4n) is 1.63. The van der Waals surface area contributed by atoms with Crippen LogP contribution in [-0.4, -0.2) is 35.0 Å². The highest BCUT2D eigenvalue weighted by Crippen LogP contribution is 2.11. The van der Waals surface area contributed by atoms with E-state index in [0.29, 0.717) is 13.1 Å². The lowest BCUT2D eigenvalue weighted by Crippen LogP contribution is -2.25. The maximum absolute atomic E-state index is 11.7. The van der Waals surface area contributed by atoms with E-state index in [2.05, 4.69) is 20.3 Å². The van der Waals surface area contributed by atoms with Crippen molar-refractivity contribution < 1.29 is 9.53 Å². The summed E-state index contributed by atoms with van der Waals surface area (Å²) in [6.07, 6.45) is 0. The molecular weight excluding hydrogens is 220 g/mol. The van der Waals surface area contributed by atoms with Gasteiger partial charge in [-0.1, -0.05) is 12.1 Å². The maximum atomic E-state index is 11.7. The summed E-state index contributed by atoms with van der Waals surface area (Å²) < 4.78 is 5.03. The van der Waals surface area contributed by atoms with Crippen LogP contribution in [0.5, 0.6) is 0 Å². The fourth-order valence-corrected chi connectivity index (χ4v) is 1.63. The Labute approximate surface area is 96.7 Å². The normalized spacial score (nSPS) is 14.5. The monoisotopic (exact) mass is 230 g/mol. The molecule has 0 spiro atoms. The second kappa shape index (κ2) is 3.89. The molecule has 1 aliphatic heterocycles.